The minimum atomic E-state index is -0.494. The number of aliphatic hydroxyl groups is 1. The highest BCUT2D eigenvalue weighted by molar-refractivity contribution is 5.72. The van der Waals surface area contributed by atoms with E-state index >= 15 is 0 Å². The Hall–Kier alpha value is -1.35. The first-order chi connectivity index (χ1) is 7.72. The lowest BCUT2D eigenvalue weighted by Gasteiger charge is -2.11. The SMILES string of the molecule is CCOC1=C(c2ccc(F)cc2)C(O)CC1. The summed E-state index contributed by atoms with van der Waals surface area (Å²) in [6.45, 7) is 2.51. The summed E-state index contributed by atoms with van der Waals surface area (Å²) in [5.74, 6) is 0.566. The molecule has 1 aromatic rings. The van der Waals surface area contributed by atoms with E-state index < -0.39 is 6.10 Å². The van der Waals surface area contributed by atoms with Crippen LogP contribution in [0.5, 0.6) is 0 Å². The Balaban J connectivity index is 2.35. The van der Waals surface area contributed by atoms with Crippen LogP contribution in [0.25, 0.3) is 5.57 Å². The van der Waals surface area contributed by atoms with Crippen LogP contribution < -0.4 is 0 Å². The highest BCUT2D eigenvalue weighted by Gasteiger charge is 2.25. The maximum absolute atomic E-state index is 12.8. The zero-order chi connectivity index (χ0) is 11.5. The van der Waals surface area contributed by atoms with E-state index in [1.54, 1.807) is 12.1 Å². The number of hydrogen-bond acceptors (Lipinski definition) is 2. The maximum atomic E-state index is 12.8. The monoisotopic (exact) mass is 222 g/mol. The number of hydrogen-bond donors (Lipinski definition) is 1. The molecule has 16 heavy (non-hydrogen) atoms. The van der Waals surface area contributed by atoms with Crippen LogP contribution in [0.1, 0.15) is 25.3 Å². The molecular weight excluding hydrogens is 207 g/mol. The quantitative estimate of drug-likeness (QED) is 0.852. The largest absolute Gasteiger partial charge is 0.498 e. The molecule has 0 fully saturated rings. The summed E-state index contributed by atoms with van der Waals surface area (Å²) in [7, 11) is 0. The molecule has 0 spiro atoms. The molecule has 1 aliphatic carbocycles. The molecule has 1 aliphatic rings. The van der Waals surface area contributed by atoms with Gasteiger partial charge in [0.15, 0.2) is 0 Å². The number of ether oxygens (including phenoxy) is 1. The molecule has 2 nitrogen and oxygen atoms in total. The Morgan fingerprint density at radius 1 is 1.38 bits per heavy atom. The fourth-order valence-corrected chi connectivity index (χ4v) is 2.04. The summed E-state index contributed by atoms with van der Waals surface area (Å²) >= 11 is 0. The van der Waals surface area contributed by atoms with Gasteiger partial charge >= 0.3 is 0 Å². The van der Waals surface area contributed by atoms with Crippen molar-refractivity contribution in [2.24, 2.45) is 0 Å². The zero-order valence-corrected chi connectivity index (χ0v) is 9.24. The zero-order valence-electron chi connectivity index (χ0n) is 9.24. The minimum Gasteiger partial charge on any atom is -0.498 e. The number of benzene rings is 1. The van der Waals surface area contributed by atoms with Crippen LogP contribution >= 0.6 is 0 Å². The van der Waals surface area contributed by atoms with E-state index in [2.05, 4.69) is 0 Å². The van der Waals surface area contributed by atoms with Gasteiger partial charge in [-0.25, -0.2) is 4.39 Å². The van der Waals surface area contributed by atoms with Gasteiger partial charge < -0.3 is 9.84 Å². The lowest BCUT2D eigenvalue weighted by molar-refractivity contribution is 0.219. The van der Waals surface area contributed by atoms with Gasteiger partial charge in [-0.05, 0) is 31.0 Å². The number of halogens is 1. The van der Waals surface area contributed by atoms with Gasteiger partial charge in [-0.1, -0.05) is 12.1 Å². The van der Waals surface area contributed by atoms with Gasteiger partial charge in [0.25, 0.3) is 0 Å². The smallest absolute Gasteiger partial charge is 0.123 e. The third kappa shape index (κ3) is 2.09. The topological polar surface area (TPSA) is 29.5 Å². The van der Waals surface area contributed by atoms with Gasteiger partial charge in [-0.2, -0.15) is 0 Å². The summed E-state index contributed by atoms with van der Waals surface area (Å²) in [5, 5.41) is 9.88. The van der Waals surface area contributed by atoms with E-state index in [1.807, 2.05) is 6.92 Å². The van der Waals surface area contributed by atoms with Crippen LogP contribution in [0.2, 0.25) is 0 Å². The standard InChI is InChI=1S/C13H15FO2/c1-2-16-12-8-7-11(15)13(12)9-3-5-10(14)6-4-9/h3-6,11,15H,2,7-8H2,1H3. The molecule has 0 aromatic heterocycles. The Kier molecular flexibility index (Phi) is 3.25. The first kappa shape index (κ1) is 11.1. The molecule has 0 radical (unpaired) electrons. The number of aliphatic hydroxyl groups excluding tert-OH is 1. The summed E-state index contributed by atoms with van der Waals surface area (Å²) in [6.07, 6.45) is 0.941. The molecule has 1 aromatic carbocycles. The van der Waals surface area contributed by atoms with Crippen molar-refractivity contribution in [2.45, 2.75) is 25.9 Å². The van der Waals surface area contributed by atoms with E-state index in [4.69, 9.17) is 4.74 Å². The molecule has 0 bridgehead atoms. The van der Waals surface area contributed by atoms with Crippen LogP contribution in [0, 0.1) is 5.82 Å². The van der Waals surface area contributed by atoms with E-state index in [1.165, 1.54) is 12.1 Å². The van der Waals surface area contributed by atoms with Crippen molar-refractivity contribution in [3.8, 4) is 0 Å². The van der Waals surface area contributed by atoms with Crippen LogP contribution in [0.3, 0.4) is 0 Å². The Bertz CT molecular complexity index is 395. The van der Waals surface area contributed by atoms with E-state index in [0.717, 1.165) is 23.3 Å². The van der Waals surface area contributed by atoms with Gasteiger partial charge in [0, 0.05) is 12.0 Å². The van der Waals surface area contributed by atoms with Crippen molar-refractivity contribution in [3.05, 3.63) is 41.4 Å². The highest BCUT2D eigenvalue weighted by atomic mass is 19.1. The predicted molar refractivity (Wildman–Crippen MR) is 60.2 cm³/mol. The van der Waals surface area contributed by atoms with Gasteiger partial charge in [-0.3, -0.25) is 0 Å². The number of allylic oxidation sites excluding steroid dienone is 1. The van der Waals surface area contributed by atoms with Crippen molar-refractivity contribution < 1.29 is 14.2 Å². The van der Waals surface area contributed by atoms with E-state index in [9.17, 15) is 9.50 Å². The fraction of sp³-hybridized carbons (Fsp3) is 0.385. The normalized spacial score (nSPS) is 20.3. The van der Waals surface area contributed by atoms with Crippen molar-refractivity contribution in [1.29, 1.82) is 0 Å². The van der Waals surface area contributed by atoms with Crippen LogP contribution in [0.15, 0.2) is 30.0 Å². The average Bonchev–Trinajstić information content (AvgIpc) is 2.62. The average molecular weight is 222 g/mol. The van der Waals surface area contributed by atoms with Crippen LogP contribution in [0.4, 0.5) is 4.39 Å². The lowest BCUT2D eigenvalue weighted by atomic mass is 10.0. The first-order valence-electron chi connectivity index (χ1n) is 5.52. The van der Waals surface area contributed by atoms with Crippen molar-refractivity contribution >= 4 is 5.57 Å². The van der Waals surface area contributed by atoms with Crippen LogP contribution in [-0.2, 0) is 4.74 Å². The molecule has 0 aliphatic heterocycles. The van der Waals surface area contributed by atoms with Gasteiger partial charge in [0.1, 0.15) is 11.6 Å². The summed E-state index contributed by atoms with van der Waals surface area (Å²) in [5.41, 5.74) is 1.65. The molecule has 3 heteroatoms. The van der Waals surface area contributed by atoms with E-state index in [-0.39, 0.29) is 5.82 Å². The molecule has 0 amide bonds. The Labute approximate surface area is 94.4 Å². The molecule has 0 saturated heterocycles. The maximum Gasteiger partial charge on any atom is 0.123 e. The second-order valence-corrected chi connectivity index (χ2v) is 3.83. The van der Waals surface area contributed by atoms with E-state index in [0.29, 0.717) is 13.0 Å². The molecule has 0 saturated carbocycles. The summed E-state index contributed by atoms with van der Waals surface area (Å²) < 4.78 is 18.3. The summed E-state index contributed by atoms with van der Waals surface area (Å²) in [6, 6.07) is 6.16. The molecule has 1 unspecified atom stereocenters. The summed E-state index contributed by atoms with van der Waals surface area (Å²) in [4.78, 5) is 0. The second kappa shape index (κ2) is 4.66. The molecule has 2 rings (SSSR count). The third-order valence-electron chi connectivity index (χ3n) is 2.75. The van der Waals surface area contributed by atoms with Gasteiger partial charge in [0.2, 0.25) is 0 Å². The van der Waals surface area contributed by atoms with Crippen molar-refractivity contribution in [1.82, 2.24) is 0 Å². The third-order valence-corrected chi connectivity index (χ3v) is 2.75. The lowest BCUT2D eigenvalue weighted by Crippen LogP contribution is -2.04. The van der Waals surface area contributed by atoms with Crippen molar-refractivity contribution in [2.75, 3.05) is 6.61 Å². The van der Waals surface area contributed by atoms with Crippen LogP contribution in [-0.4, -0.2) is 17.8 Å². The predicted octanol–water partition coefficient (Wildman–Crippen LogP) is 2.73. The number of rotatable bonds is 3. The van der Waals surface area contributed by atoms with Gasteiger partial charge in [0.05, 0.1) is 12.7 Å². The molecular formula is C13H15FO2. The Morgan fingerprint density at radius 3 is 2.69 bits per heavy atom. The minimum absolute atomic E-state index is 0.269. The van der Waals surface area contributed by atoms with Gasteiger partial charge in [-0.15, -0.1) is 0 Å². The molecule has 86 valence electrons. The fourth-order valence-electron chi connectivity index (χ4n) is 2.04. The highest BCUT2D eigenvalue weighted by Crippen LogP contribution is 2.34. The molecule has 1 N–H and O–H groups in total. The second-order valence-electron chi connectivity index (χ2n) is 3.83. The van der Waals surface area contributed by atoms with Crippen molar-refractivity contribution in [3.63, 3.8) is 0 Å². The first-order valence-corrected chi connectivity index (χ1v) is 5.52. The molecule has 0 heterocycles. The molecule has 1 atom stereocenters. The Morgan fingerprint density at radius 2 is 2.06 bits per heavy atom.